The van der Waals surface area contributed by atoms with Gasteiger partial charge >= 0.3 is 6.09 Å². The van der Waals surface area contributed by atoms with Crippen molar-refractivity contribution in [1.82, 2.24) is 4.98 Å². The Morgan fingerprint density at radius 2 is 1.78 bits per heavy atom. The van der Waals surface area contributed by atoms with Gasteiger partial charge in [-0.1, -0.05) is 12.1 Å². The highest BCUT2D eigenvalue weighted by molar-refractivity contribution is 5.88. The molecule has 0 aliphatic heterocycles. The lowest BCUT2D eigenvalue weighted by Crippen LogP contribution is -2.36. The largest absolute Gasteiger partial charge is 0.487 e. The summed E-state index contributed by atoms with van der Waals surface area (Å²) < 4.78 is 11.8. The van der Waals surface area contributed by atoms with Crippen LogP contribution in [0.25, 0.3) is 0 Å². The number of hydrogen-bond acceptors (Lipinski definition) is 7. The third-order valence-electron chi connectivity index (χ3n) is 5.46. The minimum atomic E-state index is -0.715. The van der Waals surface area contributed by atoms with Crippen LogP contribution in [0.5, 0.6) is 5.75 Å². The number of aliphatic hydroxyl groups excluding tert-OH is 1. The molecule has 0 aliphatic carbocycles. The molecule has 0 aliphatic rings. The summed E-state index contributed by atoms with van der Waals surface area (Å²) in [5.41, 5.74) is 3.74. The second kappa shape index (κ2) is 12.0. The molecule has 37 heavy (non-hydrogen) atoms. The Kier molecular flexibility index (Phi) is 8.84. The lowest BCUT2D eigenvalue weighted by Gasteiger charge is -2.28. The standard InChI is InChI=1S/C29H30N4O4/c1-20-27(36-19-23-7-5-6-22(14-23)16-31)26(12-13-34)24(17-32-20)18-33(28(35)37-29(2,3)4)25-10-8-21(15-30)9-11-25/h5-11,14,17,34H,12-13,18-19H2,1-4H3. The highest BCUT2D eigenvalue weighted by atomic mass is 16.6. The molecule has 0 atom stereocenters. The number of nitriles is 2. The van der Waals surface area contributed by atoms with Crippen molar-refractivity contribution in [3.63, 3.8) is 0 Å². The minimum Gasteiger partial charge on any atom is -0.487 e. The zero-order valence-corrected chi connectivity index (χ0v) is 21.5. The fourth-order valence-electron chi connectivity index (χ4n) is 3.74. The van der Waals surface area contributed by atoms with E-state index in [9.17, 15) is 15.2 Å². The monoisotopic (exact) mass is 498 g/mol. The zero-order valence-electron chi connectivity index (χ0n) is 21.5. The molecule has 0 fully saturated rings. The van der Waals surface area contributed by atoms with Crippen LogP contribution in [-0.4, -0.2) is 28.4 Å². The van der Waals surface area contributed by atoms with Crippen molar-refractivity contribution >= 4 is 11.8 Å². The molecule has 1 amide bonds. The smallest absolute Gasteiger partial charge is 0.415 e. The number of benzene rings is 2. The second-order valence-electron chi connectivity index (χ2n) is 9.48. The summed E-state index contributed by atoms with van der Waals surface area (Å²) in [7, 11) is 0. The lowest BCUT2D eigenvalue weighted by molar-refractivity contribution is 0.0577. The number of amides is 1. The second-order valence-corrected chi connectivity index (χ2v) is 9.48. The van der Waals surface area contributed by atoms with Crippen molar-refractivity contribution in [1.29, 1.82) is 10.5 Å². The third-order valence-corrected chi connectivity index (χ3v) is 5.46. The quantitative estimate of drug-likeness (QED) is 0.454. The lowest BCUT2D eigenvalue weighted by atomic mass is 10.0. The van der Waals surface area contributed by atoms with Gasteiger partial charge in [-0.3, -0.25) is 9.88 Å². The van der Waals surface area contributed by atoms with Gasteiger partial charge in [-0.2, -0.15) is 10.5 Å². The maximum Gasteiger partial charge on any atom is 0.415 e. The van der Waals surface area contributed by atoms with E-state index >= 15 is 0 Å². The molecule has 1 aromatic heterocycles. The fourth-order valence-corrected chi connectivity index (χ4v) is 3.74. The van der Waals surface area contributed by atoms with Gasteiger partial charge in [0, 0.05) is 24.1 Å². The molecule has 3 aromatic rings. The predicted molar refractivity (Wildman–Crippen MR) is 139 cm³/mol. The number of rotatable bonds is 8. The Morgan fingerprint density at radius 1 is 1.08 bits per heavy atom. The third kappa shape index (κ3) is 7.30. The summed E-state index contributed by atoms with van der Waals surface area (Å²) in [6.07, 6.45) is 1.41. The van der Waals surface area contributed by atoms with Gasteiger partial charge in [0.1, 0.15) is 18.0 Å². The predicted octanol–water partition coefficient (Wildman–Crippen LogP) is 5.19. The van der Waals surface area contributed by atoms with Crippen molar-refractivity contribution in [3.05, 3.63) is 88.2 Å². The van der Waals surface area contributed by atoms with E-state index in [-0.39, 0.29) is 19.8 Å². The molecule has 0 saturated heterocycles. The van der Waals surface area contributed by atoms with E-state index < -0.39 is 11.7 Å². The van der Waals surface area contributed by atoms with Gasteiger partial charge in [-0.25, -0.2) is 4.79 Å². The summed E-state index contributed by atoms with van der Waals surface area (Å²) in [5.74, 6) is 0.526. The molecule has 1 heterocycles. The number of anilines is 1. The topological polar surface area (TPSA) is 119 Å². The normalized spacial score (nSPS) is 10.8. The average Bonchev–Trinajstić information content (AvgIpc) is 2.87. The van der Waals surface area contributed by atoms with Crippen molar-refractivity contribution in [3.8, 4) is 17.9 Å². The Labute approximate surface area is 217 Å². The minimum absolute atomic E-state index is 0.115. The summed E-state index contributed by atoms with van der Waals surface area (Å²) in [4.78, 5) is 19.2. The van der Waals surface area contributed by atoms with Gasteiger partial charge in [0.15, 0.2) is 0 Å². The van der Waals surface area contributed by atoms with Crippen LogP contribution in [0.2, 0.25) is 0 Å². The molecule has 0 saturated carbocycles. The molecule has 1 N–H and O–H groups in total. The van der Waals surface area contributed by atoms with Gasteiger partial charge in [-0.05, 0) is 81.6 Å². The summed E-state index contributed by atoms with van der Waals surface area (Å²) in [5, 5.41) is 28.2. The first-order valence-corrected chi connectivity index (χ1v) is 11.9. The van der Waals surface area contributed by atoms with Crippen LogP contribution in [0.1, 0.15) is 54.3 Å². The molecular formula is C29H30N4O4. The summed E-state index contributed by atoms with van der Waals surface area (Å²) >= 11 is 0. The van der Waals surface area contributed by atoms with E-state index in [1.54, 1.807) is 69.4 Å². The summed E-state index contributed by atoms with van der Waals surface area (Å²) in [6, 6.07) is 18.0. The van der Waals surface area contributed by atoms with Gasteiger partial charge in [0.05, 0.1) is 35.5 Å². The van der Waals surface area contributed by atoms with Crippen LogP contribution in [0.3, 0.4) is 0 Å². The van der Waals surface area contributed by atoms with E-state index in [1.165, 1.54) is 4.90 Å². The number of nitrogens with zero attached hydrogens (tertiary/aromatic N) is 4. The van der Waals surface area contributed by atoms with Crippen LogP contribution in [-0.2, 0) is 24.3 Å². The van der Waals surface area contributed by atoms with Crippen LogP contribution in [0.15, 0.2) is 54.7 Å². The van der Waals surface area contributed by atoms with Gasteiger partial charge < -0.3 is 14.6 Å². The van der Waals surface area contributed by atoms with Crippen molar-refractivity contribution in [2.45, 2.75) is 52.9 Å². The van der Waals surface area contributed by atoms with Gasteiger partial charge in [0.25, 0.3) is 0 Å². The zero-order chi connectivity index (χ0) is 27.0. The Morgan fingerprint density at radius 3 is 2.41 bits per heavy atom. The Balaban J connectivity index is 1.98. The number of carbonyl (C=O) groups excluding carboxylic acids is 1. The van der Waals surface area contributed by atoms with E-state index in [4.69, 9.17) is 14.7 Å². The first-order chi connectivity index (χ1) is 17.6. The van der Waals surface area contributed by atoms with Crippen molar-refractivity contribution in [2.24, 2.45) is 0 Å². The molecule has 0 spiro atoms. The number of aliphatic hydroxyl groups is 1. The van der Waals surface area contributed by atoms with E-state index in [2.05, 4.69) is 17.1 Å². The van der Waals surface area contributed by atoms with E-state index in [0.717, 1.165) is 11.1 Å². The highest BCUT2D eigenvalue weighted by Gasteiger charge is 2.26. The van der Waals surface area contributed by atoms with Gasteiger partial charge in [0.2, 0.25) is 0 Å². The Bertz CT molecular complexity index is 1330. The maximum atomic E-state index is 13.2. The van der Waals surface area contributed by atoms with E-state index in [0.29, 0.717) is 40.2 Å². The molecule has 2 aromatic carbocycles. The van der Waals surface area contributed by atoms with Crippen molar-refractivity contribution < 1.29 is 19.4 Å². The summed E-state index contributed by atoms with van der Waals surface area (Å²) in [6.45, 7) is 7.40. The number of aromatic nitrogens is 1. The van der Waals surface area contributed by atoms with Crippen LogP contribution in [0, 0.1) is 29.6 Å². The molecule has 190 valence electrons. The van der Waals surface area contributed by atoms with E-state index in [1.807, 2.05) is 13.0 Å². The molecule has 8 heteroatoms. The average molecular weight is 499 g/mol. The number of aryl methyl sites for hydroxylation is 1. The van der Waals surface area contributed by atoms with Crippen LogP contribution < -0.4 is 9.64 Å². The Hall–Kier alpha value is -4.40. The molecule has 3 rings (SSSR count). The van der Waals surface area contributed by atoms with Gasteiger partial charge in [-0.15, -0.1) is 0 Å². The number of hydrogen-bond donors (Lipinski definition) is 1. The molecule has 8 nitrogen and oxygen atoms in total. The highest BCUT2D eigenvalue weighted by Crippen LogP contribution is 2.30. The maximum absolute atomic E-state index is 13.2. The molecule has 0 bridgehead atoms. The first-order valence-electron chi connectivity index (χ1n) is 11.9. The van der Waals surface area contributed by atoms with Crippen LogP contribution in [0.4, 0.5) is 10.5 Å². The molecular weight excluding hydrogens is 468 g/mol. The van der Waals surface area contributed by atoms with Crippen molar-refractivity contribution in [2.75, 3.05) is 11.5 Å². The number of pyridine rings is 1. The SMILES string of the molecule is Cc1ncc(CN(C(=O)OC(C)(C)C)c2ccc(C#N)cc2)c(CCO)c1OCc1cccc(C#N)c1. The molecule has 0 unspecified atom stereocenters. The number of ether oxygens (including phenoxy) is 2. The fraction of sp³-hybridized carbons (Fsp3) is 0.310. The first kappa shape index (κ1) is 27.2. The van der Waals surface area contributed by atoms with Crippen LogP contribution >= 0.6 is 0 Å². The number of carbonyl (C=O) groups is 1. The molecule has 0 radical (unpaired) electrons.